The molecule has 0 bridgehead atoms. The van der Waals surface area contributed by atoms with Gasteiger partial charge in [0.2, 0.25) is 15.3 Å². The summed E-state index contributed by atoms with van der Waals surface area (Å²) in [6, 6.07) is 0. The van der Waals surface area contributed by atoms with E-state index in [1.54, 1.807) is 6.20 Å². The first kappa shape index (κ1) is 14.0. The molecule has 0 unspecified atom stereocenters. The van der Waals surface area contributed by atoms with Crippen molar-refractivity contribution in [1.29, 1.82) is 0 Å². The van der Waals surface area contributed by atoms with E-state index in [2.05, 4.69) is 25.9 Å². The molecule has 0 aliphatic carbocycles. The Morgan fingerprint density at radius 1 is 1.33 bits per heavy atom. The number of hydrogen-bond donors (Lipinski definition) is 0. The topological polar surface area (TPSA) is 66.4 Å². The fourth-order valence-electron chi connectivity index (χ4n) is 1.79. The molecule has 6 nitrogen and oxygen atoms in total. The van der Waals surface area contributed by atoms with Crippen molar-refractivity contribution in [2.45, 2.75) is 0 Å². The highest BCUT2D eigenvalue weighted by Crippen LogP contribution is 2.25. The molecule has 2 rings (SSSR count). The third-order valence-corrected chi connectivity index (χ3v) is 4.75. The maximum Gasteiger partial charge on any atom is 0.224 e. The molecule has 1 saturated heterocycles. The molecule has 0 spiro atoms. The van der Waals surface area contributed by atoms with Gasteiger partial charge < -0.3 is 4.90 Å². The third-order valence-electron chi connectivity index (χ3n) is 2.70. The fraction of sp³-hybridized carbons (Fsp3) is 0.556. The number of aromatic nitrogens is 2. The Bertz CT molecular complexity index is 545. The van der Waals surface area contributed by atoms with Crippen LogP contribution in [0.4, 0.5) is 5.82 Å². The summed E-state index contributed by atoms with van der Waals surface area (Å²) in [6.45, 7) is 2.07. The SMILES string of the molecule is CS(=O)(=O)N1CCN(c2nc(Cl)ncc2Br)CC1. The fourth-order valence-corrected chi connectivity index (χ4v) is 3.19. The minimum absolute atomic E-state index is 0.179. The van der Waals surface area contributed by atoms with Gasteiger partial charge in [0.15, 0.2) is 0 Å². The van der Waals surface area contributed by atoms with Crippen LogP contribution in [-0.2, 0) is 10.0 Å². The van der Waals surface area contributed by atoms with Crippen LogP contribution in [0.1, 0.15) is 0 Å². The predicted octanol–water partition coefficient (Wildman–Crippen LogP) is 0.974. The second-order valence-corrected chi connectivity index (χ2v) is 7.13. The maximum atomic E-state index is 11.4. The van der Waals surface area contributed by atoms with Crippen LogP contribution in [0.3, 0.4) is 0 Å². The summed E-state index contributed by atoms with van der Waals surface area (Å²) in [4.78, 5) is 10.00. The molecule has 0 N–H and O–H groups in total. The smallest absolute Gasteiger partial charge is 0.224 e. The molecule has 0 saturated carbocycles. The minimum Gasteiger partial charge on any atom is -0.353 e. The second kappa shape index (κ2) is 5.28. The van der Waals surface area contributed by atoms with E-state index in [-0.39, 0.29) is 5.28 Å². The molecule has 18 heavy (non-hydrogen) atoms. The van der Waals surface area contributed by atoms with Crippen molar-refractivity contribution in [2.24, 2.45) is 0 Å². The maximum absolute atomic E-state index is 11.4. The second-order valence-electron chi connectivity index (χ2n) is 3.96. The molecule has 0 amide bonds. The standard InChI is InChI=1S/C9H12BrClN4O2S/c1-18(16,17)15-4-2-14(3-5-15)8-7(10)6-12-9(11)13-8/h6H,2-5H2,1H3. The summed E-state index contributed by atoms with van der Waals surface area (Å²) in [7, 11) is -3.11. The number of nitrogens with zero attached hydrogens (tertiary/aromatic N) is 4. The Kier molecular flexibility index (Phi) is 4.10. The number of halogens is 2. The summed E-state index contributed by atoms with van der Waals surface area (Å²) < 4.78 is 25.0. The lowest BCUT2D eigenvalue weighted by Crippen LogP contribution is -2.48. The van der Waals surface area contributed by atoms with E-state index in [1.807, 2.05) is 4.90 Å². The molecular weight excluding hydrogens is 344 g/mol. The van der Waals surface area contributed by atoms with Crippen LogP contribution in [0.2, 0.25) is 5.28 Å². The summed E-state index contributed by atoms with van der Waals surface area (Å²) in [6.07, 6.45) is 2.81. The molecule has 1 aliphatic rings. The highest BCUT2D eigenvalue weighted by molar-refractivity contribution is 9.10. The lowest BCUT2D eigenvalue weighted by atomic mass is 10.3. The van der Waals surface area contributed by atoms with E-state index in [4.69, 9.17) is 11.6 Å². The van der Waals surface area contributed by atoms with E-state index < -0.39 is 10.0 Å². The van der Waals surface area contributed by atoms with E-state index in [9.17, 15) is 8.42 Å². The summed E-state index contributed by atoms with van der Waals surface area (Å²) >= 11 is 9.12. The molecule has 0 aromatic carbocycles. The number of sulfonamides is 1. The number of anilines is 1. The molecular formula is C9H12BrClN4O2S. The molecule has 1 aromatic heterocycles. The van der Waals surface area contributed by atoms with Gasteiger partial charge in [0.25, 0.3) is 0 Å². The van der Waals surface area contributed by atoms with Gasteiger partial charge in [-0.05, 0) is 27.5 Å². The Hall–Kier alpha value is -0.440. The number of rotatable bonds is 2. The molecule has 1 fully saturated rings. The predicted molar refractivity (Wildman–Crippen MR) is 73.4 cm³/mol. The van der Waals surface area contributed by atoms with Gasteiger partial charge in [-0.25, -0.2) is 13.4 Å². The van der Waals surface area contributed by atoms with Crippen LogP contribution in [0.25, 0.3) is 0 Å². The Morgan fingerprint density at radius 2 is 1.94 bits per heavy atom. The van der Waals surface area contributed by atoms with Crippen molar-refractivity contribution < 1.29 is 8.42 Å². The van der Waals surface area contributed by atoms with Gasteiger partial charge in [-0.2, -0.15) is 9.29 Å². The van der Waals surface area contributed by atoms with E-state index in [1.165, 1.54) is 10.6 Å². The van der Waals surface area contributed by atoms with Gasteiger partial charge in [0.1, 0.15) is 5.82 Å². The highest BCUT2D eigenvalue weighted by atomic mass is 79.9. The van der Waals surface area contributed by atoms with Gasteiger partial charge in [-0.3, -0.25) is 0 Å². The monoisotopic (exact) mass is 354 g/mol. The van der Waals surface area contributed by atoms with Gasteiger partial charge in [0, 0.05) is 32.4 Å². The summed E-state index contributed by atoms with van der Waals surface area (Å²) in [5.74, 6) is 0.697. The first-order chi connectivity index (χ1) is 8.38. The number of hydrogen-bond acceptors (Lipinski definition) is 5. The van der Waals surface area contributed by atoms with Crippen molar-refractivity contribution in [3.63, 3.8) is 0 Å². The van der Waals surface area contributed by atoms with E-state index in [0.29, 0.717) is 32.0 Å². The van der Waals surface area contributed by atoms with Crippen molar-refractivity contribution in [1.82, 2.24) is 14.3 Å². The van der Waals surface area contributed by atoms with Crippen LogP contribution in [-0.4, -0.2) is 55.1 Å². The van der Waals surface area contributed by atoms with Crippen LogP contribution >= 0.6 is 27.5 Å². The lowest BCUT2D eigenvalue weighted by molar-refractivity contribution is 0.386. The first-order valence-corrected chi connectivity index (χ1v) is 8.28. The van der Waals surface area contributed by atoms with Crippen LogP contribution < -0.4 is 4.90 Å². The minimum atomic E-state index is -3.11. The molecule has 100 valence electrons. The summed E-state index contributed by atoms with van der Waals surface area (Å²) in [5.41, 5.74) is 0. The van der Waals surface area contributed by atoms with E-state index in [0.717, 1.165) is 4.47 Å². The Balaban J connectivity index is 2.12. The molecule has 1 aliphatic heterocycles. The van der Waals surface area contributed by atoms with Crippen LogP contribution in [0, 0.1) is 0 Å². The zero-order valence-corrected chi connectivity index (χ0v) is 12.8. The zero-order chi connectivity index (χ0) is 13.3. The lowest BCUT2D eigenvalue weighted by Gasteiger charge is -2.34. The molecule has 0 atom stereocenters. The molecule has 0 radical (unpaired) electrons. The molecule has 1 aromatic rings. The highest BCUT2D eigenvalue weighted by Gasteiger charge is 2.25. The first-order valence-electron chi connectivity index (χ1n) is 5.26. The quantitative estimate of drug-likeness (QED) is 0.740. The average Bonchev–Trinajstić information content (AvgIpc) is 2.31. The Morgan fingerprint density at radius 3 is 2.50 bits per heavy atom. The average molecular weight is 356 g/mol. The van der Waals surface area contributed by atoms with Crippen molar-refractivity contribution in [3.05, 3.63) is 16.0 Å². The van der Waals surface area contributed by atoms with Gasteiger partial charge in [-0.1, -0.05) is 0 Å². The third kappa shape index (κ3) is 3.11. The van der Waals surface area contributed by atoms with Gasteiger partial charge >= 0.3 is 0 Å². The Labute approximate surface area is 119 Å². The largest absolute Gasteiger partial charge is 0.353 e. The van der Waals surface area contributed by atoms with Crippen LogP contribution in [0.5, 0.6) is 0 Å². The van der Waals surface area contributed by atoms with Gasteiger partial charge in [0.05, 0.1) is 10.7 Å². The molecule has 9 heteroatoms. The van der Waals surface area contributed by atoms with Gasteiger partial charge in [-0.15, -0.1) is 0 Å². The van der Waals surface area contributed by atoms with Crippen molar-refractivity contribution >= 4 is 43.4 Å². The molecule has 2 heterocycles. The van der Waals surface area contributed by atoms with E-state index >= 15 is 0 Å². The normalized spacial score (nSPS) is 18.1. The van der Waals surface area contributed by atoms with Crippen LogP contribution in [0.15, 0.2) is 10.7 Å². The van der Waals surface area contributed by atoms with Crippen molar-refractivity contribution in [3.8, 4) is 0 Å². The zero-order valence-electron chi connectivity index (χ0n) is 9.68. The summed E-state index contributed by atoms with van der Waals surface area (Å²) in [5, 5.41) is 0.179. The van der Waals surface area contributed by atoms with Crippen molar-refractivity contribution in [2.75, 3.05) is 37.3 Å². The number of piperazine rings is 1.